The number of rotatable bonds is 5. The maximum absolute atomic E-state index is 13.5. The lowest BCUT2D eigenvalue weighted by Gasteiger charge is -2.05. The zero-order valence-electron chi connectivity index (χ0n) is 13.4. The fourth-order valence-electron chi connectivity index (χ4n) is 2.19. The number of halogens is 2. The van der Waals surface area contributed by atoms with E-state index in [4.69, 9.17) is 4.42 Å². The van der Waals surface area contributed by atoms with Gasteiger partial charge >= 0.3 is 0 Å². The maximum atomic E-state index is 13.5. The van der Waals surface area contributed by atoms with Crippen LogP contribution in [0, 0.1) is 18.6 Å². The third-order valence-electron chi connectivity index (χ3n) is 3.54. The number of hydrogen-bond acceptors (Lipinski definition) is 4. The molecule has 0 saturated heterocycles. The highest BCUT2D eigenvalue weighted by atomic mass is 19.1. The van der Waals surface area contributed by atoms with Crippen LogP contribution in [0.2, 0.25) is 0 Å². The molecule has 0 spiro atoms. The van der Waals surface area contributed by atoms with Crippen LogP contribution in [0.3, 0.4) is 0 Å². The molecular weight excluding hydrogens is 328 g/mol. The van der Waals surface area contributed by atoms with E-state index in [-0.39, 0.29) is 18.5 Å². The van der Waals surface area contributed by atoms with Gasteiger partial charge in [-0.05, 0) is 31.2 Å². The topological polar surface area (TPSA) is 68.0 Å². The first-order valence-electron chi connectivity index (χ1n) is 7.65. The molecule has 5 nitrogen and oxygen atoms in total. The minimum atomic E-state index is -0.826. The SMILES string of the molecule is Cc1ccc(-c2nnc(CCC(=O)Nc3ccc(F)cc3F)o2)cc1. The number of hydrogen-bond donors (Lipinski definition) is 1. The molecule has 3 rings (SSSR count). The van der Waals surface area contributed by atoms with Gasteiger partial charge in [0.1, 0.15) is 11.6 Å². The molecule has 0 aliphatic rings. The van der Waals surface area contributed by atoms with Gasteiger partial charge in [-0.25, -0.2) is 8.78 Å². The molecule has 0 bridgehead atoms. The number of nitrogens with zero attached hydrogens (tertiary/aromatic N) is 2. The molecule has 0 aliphatic carbocycles. The van der Waals surface area contributed by atoms with Crippen molar-refractivity contribution in [3.63, 3.8) is 0 Å². The highest BCUT2D eigenvalue weighted by Crippen LogP contribution is 2.19. The van der Waals surface area contributed by atoms with Crippen molar-refractivity contribution in [3.8, 4) is 11.5 Å². The van der Waals surface area contributed by atoms with Gasteiger partial charge in [0, 0.05) is 24.5 Å². The second-order valence-corrected chi connectivity index (χ2v) is 5.54. The maximum Gasteiger partial charge on any atom is 0.247 e. The van der Waals surface area contributed by atoms with E-state index in [1.807, 2.05) is 31.2 Å². The second kappa shape index (κ2) is 7.21. The molecule has 1 heterocycles. The molecule has 0 radical (unpaired) electrons. The lowest BCUT2D eigenvalue weighted by atomic mass is 10.1. The minimum absolute atomic E-state index is 0.0341. The Balaban J connectivity index is 1.58. The van der Waals surface area contributed by atoms with Crippen molar-refractivity contribution in [3.05, 3.63) is 65.6 Å². The number of carbonyl (C=O) groups is 1. The highest BCUT2D eigenvalue weighted by Gasteiger charge is 2.12. The summed E-state index contributed by atoms with van der Waals surface area (Å²) in [6, 6.07) is 10.6. The van der Waals surface area contributed by atoms with Crippen molar-refractivity contribution in [1.82, 2.24) is 10.2 Å². The van der Waals surface area contributed by atoms with Crippen molar-refractivity contribution in [2.45, 2.75) is 19.8 Å². The Morgan fingerprint density at radius 3 is 2.60 bits per heavy atom. The van der Waals surface area contributed by atoms with E-state index in [9.17, 15) is 13.6 Å². The quantitative estimate of drug-likeness (QED) is 0.763. The van der Waals surface area contributed by atoms with E-state index in [1.54, 1.807) is 0 Å². The van der Waals surface area contributed by atoms with Gasteiger partial charge in [0.15, 0.2) is 0 Å². The minimum Gasteiger partial charge on any atom is -0.421 e. The number of aromatic nitrogens is 2. The molecule has 1 amide bonds. The number of benzene rings is 2. The Kier molecular flexibility index (Phi) is 4.83. The van der Waals surface area contributed by atoms with E-state index in [1.165, 1.54) is 6.07 Å². The van der Waals surface area contributed by atoms with Crippen LogP contribution in [-0.4, -0.2) is 16.1 Å². The fraction of sp³-hybridized carbons (Fsp3) is 0.167. The molecule has 25 heavy (non-hydrogen) atoms. The largest absolute Gasteiger partial charge is 0.421 e. The van der Waals surface area contributed by atoms with Crippen LogP contribution < -0.4 is 5.32 Å². The fourth-order valence-corrected chi connectivity index (χ4v) is 2.19. The smallest absolute Gasteiger partial charge is 0.247 e. The molecule has 1 aromatic heterocycles. The second-order valence-electron chi connectivity index (χ2n) is 5.54. The zero-order chi connectivity index (χ0) is 17.8. The van der Waals surface area contributed by atoms with Gasteiger partial charge in [-0.3, -0.25) is 4.79 Å². The van der Waals surface area contributed by atoms with Gasteiger partial charge in [-0.2, -0.15) is 0 Å². The molecular formula is C18H15F2N3O2. The monoisotopic (exact) mass is 343 g/mol. The normalized spacial score (nSPS) is 10.7. The van der Waals surface area contributed by atoms with Crippen LogP contribution in [0.4, 0.5) is 14.5 Å². The van der Waals surface area contributed by atoms with Crippen molar-refractivity contribution in [2.75, 3.05) is 5.32 Å². The first kappa shape index (κ1) is 16.8. The molecule has 0 aliphatic heterocycles. The standard InChI is InChI=1S/C18H15F2N3O2/c1-11-2-4-12(5-3-11)18-23-22-17(25-18)9-8-16(24)21-15-7-6-13(19)10-14(15)20/h2-7,10H,8-9H2,1H3,(H,21,24). The molecule has 2 aromatic carbocycles. The molecule has 0 saturated carbocycles. The summed E-state index contributed by atoms with van der Waals surface area (Å²) in [6.07, 6.45) is 0.250. The van der Waals surface area contributed by atoms with Crippen molar-refractivity contribution in [1.29, 1.82) is 0 Å². The summed E-state index contributed by atoms with van der Waals surface area (Å²) in [5.74, 6) is -1.27. The summed E-state index contributed by atoms with van der Waals surface area (Å²) in [5.41, 5.74) is 1.84. The predicted octanol–water partition coefficient (Wildman–Crippen LogP) is 3.89. The first-order valence-corrected chi connectivity index (χ1v) is 7.65. The van der Waals surface area contributed by atoms with Gasteiger partial charge in [0.05, 0.1) is 5.69 Å². The third kappa shape index (κ3) is 4.26. The summed E-state index contributed by atoms with van der Waals surface area (Å²) in [7, 11) is 0. The number of amides is 1. The lowest BCUT2D eigenvalue weighted by Crippen LogP contribution is -2.13. The van der Waals surface area contributed by atoms with E-state index >= 15 is 0 Å². The Bertz CT molecular complexity index is 892. The molecule has 0 fully saturated rings. The van der Waals surface area contributed by atoms with Crippen LogP contribution >= 0.6 is 0 Å². The summed E-state index contributed by atoms with van der Waals surface area (Å²) in [4.78, 5) is 11.9. The zero-order valence-corrected chi connectivity index (χ0v) is 13.4. The van der Waals surface area contributed by atoms with Gasteiger partial charge in [0.25, 0.3) is 0 Å². The summed E-state index contributed by atoms with van der Waals surface area (Å²) >= 11 is 0. The molecule has 7 heteroatoms. The van der Waals surface area contributed by atoms with E-state index in [2.05, 4.69) is 15.5 Å². The van der Waals surface area contributed by atoms with E-state index in [0.717, 1.165) is 17.2 Å². The van der Waals surface area contributed by atoms with E-state index in [0.29, 0.717) is 17.8 Å². The van der Waals surface area contributed by atoms with Gasteiger partial charge in [-0.1, -0.05) is 17.7 Å². The Morgan fingerprint density at radius 2 is 1.88 bits per heavy atom. The van der Waals surface area contributed by atoms with Gasteiger partial charge < -0.3 is 9.73 Å². The van der Waals surface area contributed by atoms with Crippen LogP contribution in [0.15, 0.2) is 46.9 Å². The van der Waals surface area contributed by atoms with Crippen LogP contribution in [0.25, 0.3) is 11.5 Å². The molecule has 0 unspecified atom stereocenters. The van der Waals surface area contributed by atoms with Gasteiger partial charge in [0.2, 0.25) is 17.7 Å². The average Bonchev–Trinajstić information content (AvgIpc) is 3.05. The predicted molar refractivity (Wildman–Crippen MR) is 87.8 cm³/mol. The summed E-state index contributed by atoms with van der Waals surface area (Å²) in [6.45, 7) is 1.98. The first-order chi connectivity index (χ1) is 12.0. The number of carbonyl (C=O) groups excluding carboxylic acids is 1. The number of anilines is 1. The summed E-state index contributed by atoms with van der Waals surface area (Å²) in [5, 5.41) is 10.2. The number of aryl methyl sites for hydroxylation is 2. The Hall–Kier alpha value is -3.09. The van der Waals surface area contributed by atoms with Crippen molar-refractivity contribution < 1.29 is 18.0 Å². The number of nitrogens with one attached hydrogen (secondary N) is 1. The van der Waals surface area contributed by atoms with Crippen molar-refractivity contribution in [2.24, 2.45) is 0 Å². The molecule has 3 aromatic rings. The van der Waals surface area contributed by atoms with Crippen LogP contribution in [0.1, 0.15) is 17.9 Å². The molecule has 1 N–H and O–H groups in total. The highest BCUT2D eigenvalue weighted by molar-refractivity contribution is 5.90. The lowest BCUT2D eigenvalue weighted by molar-refractivity contribution is -0.116. The van der Waals surface area contributed by atoms with Gasteiger partial charge in [-0.15, -0.1) is 10.2 Å². The average molecular weight is 343 g/mol. The van der Waals surface area contributed by atoms with Crippen molar-refractivity contribution >= 4 is 11.6 Å². The Labute approximate surface area is 142 Å². The van der Waals surface area contributed by atoms with Crippen LogP contribution in [0.5, 0.6) is 0 Å². The molecule has 0 atom stereocenters. The van der Waals surface area contributed by atoms with E-state index < -0.39 is 17.5 Å². The summed E-state index contributed by atoms with van der Waals surface area (Å²) < 4.78 is 31.9. The van der Waals surface area contributed by atoms with Crippen LogP contribution in [-0.2, 0) is 11.2 Å². The molecule has 128 valence electrons. The Morgan fingerprint density at radius 1 is 1.12 bits per heavy atom. The third-order valence-corrected chi connectivity index (χ3v) is 3.54.